The Morgan fingerprint density at radius 3 is 1.86 bits per heavy atom. The minimum absolute atomic E-state index is 0.193. The molecule has 0 unspecified atom stereocenters. The zero-order chi connectivity index (χ0) is 15.4. The predicted octanol–water partition coefficient (Wildman–Crippen LogP) is 4.40. The van der Waals surface area contributed by atoms with Crippen molar-refractivity contribution >= 4 is 5.97 Å². The summed E-state index contributed by atoms with van der Waals surface area (Å²) in [5, 5.41) is 0. The van der Waals surface area contributed by atoms with Gasteiger partial charge in [-0.1, -0.05) is 60.7 Å². The van der Waals surface area contributed by atoms with Crippen molar-refractivity contribution in [2.75, 3.05) is 0 Å². The molecule has 0 amide bonds. The summed E-state index contributed by atoms with van der Waals surface area (Å²) >= 11 is 0. The first-order valence-corrected chi connectivity index (χ1v) is 7.08. The highest BCUT2D eigenvalue weighted by atomic mass is 16.6. The van der Waals surface area contributed by atoms with Crippen molar-refractivity contribution in [3.63, 3.8) is 0 Å². The third kappa shape index (κ3) is 2.66. The Morgan fingerprint density at radius 2 is 1.41 bits per heavy atom. The Morgan fingerprint density at radius 1 is 0.864 bits per heavy atom. The van der Waals surface area contributed by atoms with E-state index < -0.39 is 11.6 Å². The van der Waals surface area contributed by atoms with Crippen molar-refractivity contribution < 1.29 is 13.9 Å². The predicted molar refractivity (Wildman–Crippen MR) is 83.5 cm³/mol. The van der Waals surface area contributed by atoms with Crippen molar-refractivity contribution in [1.82, 2.24) is 0 Å². The molecule has 0 saturated carbocycles. The molecule has 3 rings (SSSR count). The Labute approximate surface area is 129 Å². The number of rotatable bonds is 4. The van der Waals surface area contributed by atoms with E-state index >= 15 is 0 Å². The van der Waals surface area contributed by atoms with Crippen LogP contribution >= 0.6 is 0 Å². The molecule has 0 aliphatic heterocycles. The van der Waals surface area contributed by atoms with Gasteiger partial charge in [-0.3, -0.25) is 0 Å². The molecule has 3 aromatic rings. The molecule has 0 aliphatic carbocycles. The molecule has 3 nitrogen and oxygen atoms in total. The quantitative estimate of drug-likeness (QED) is 0.669. The van der Waals surface area contributed by atoms with E-state index in [0.717, 1.165) is 11.1 Å². The second-order valence-electron chi connectivity index (χ2n) is 5.13. The topological polar surface area (TPSA) is 39.4 Å². The fraction of sp³-hybridized carbons (Fsp3) is 0.105. The molecule has 22 heavy (non-hydrogen) atoms. The normalized spacial score (nSPS) is 11.1. The lowest BCUT2D eigenvalue weighted by molar-refractivity contribution is 0.00280. The Balaban J connectivity index is 2.02. The van der Waals surface area contributed by atoms with E-state index in [1.165, 1.54) is 6.26 Å². The molecule has 1 aromatic heterocycles. The number of ether oxygens (including phenoxy) is 1. The van der Waals surface area contributed by atoms with Crippen molar-refractivity contribution in [2.24, 2.45) is 0 Å². The Hall–Kier alpha value is -2.81. The summed E-state index contributed by atoms with van der Waals surface area (Å²) in [5.74, 6) is -0.293. The molecular weight excluding hydrogens is 276 g/mol. The maximum atomic E-state index is 12.4. The van der Waals surface area contributed by atoms with Gasteiger partial charge in [0.1, 0.15) is 0 Å². The van der Waals surface area contributed by atoms with Crippen LogP contribution in [0.5, 0.6) is 0 Å². The Kier molecular flexibility index (Phi) is 3.79. The first-order chi connectivity index (χ1) is 10.7. The van der Waals surface area contributed by atoms with Gasteiger partial charge in [0.25, 0.3) is 0 Å². The van der Waals surface area contributed by atoms with Crippen LogP contribution in [0, 0.1) is 0 Å². The van der Waals surface area contributed by atoms with E-state index in [-0.39, 0.29) is 5.76 Å². The number of carbonyl (C=O) groups is 1. The fourth-order valence-corrected chi connectivity index (χ4v) is 2.43. The Bertz CT molecular complexity index is 691. The molecule has 0 N–H and O–H groups in total. The van der Waals surface area contributed by atoms with E-state index in [1.54, 1.807) is 12.1 Å². The van der Waals surface area contributed by atoms with Gasteiger partial charge in [0.15, 0.2) is 5.60 Å². The smallest absolute Gasteiger partial charge is 0.375 e. The summed E-state index contributed by atoms with van der Waals surface area (Å²) in [6.07, 6.45) is 1.46. The molecular formula is C19H16O3. The van der Waals surface area contributed by atoms with Crippen LogP contribution in [0.15, 0.2) is 83.5 Å². The van der Waals surface area contributed by atoms with Gasteiger partial charge in [0, 0.05) is 0 Å². The fourth-order valence-electron chi connectivity index (χ4n) is 2.43. The SMILES string of the molecule is CC(OC(=O)c1ccco1)(c1ccccc1)c1ccccc1. The first-order valence-electron chi connectivity index (χ1n) is 7.08. The standard InChI is InChI=1S/C19H16O3/c1-19(15-9-4-2-5-10-15,16-11-6-3-7-12-16)22-18(20)17-13-8-14-21-17/h2-14H,1H3. The lowest BCUT2D eigenvalue weighted by atomic mass is 9.88. The molecule has 0 fully saturated rings. The van der Waals surface area contributed by atoms with Crippen LogP contribution in [0.4, 0.5) is 0 Å². The highest BCUT2D eigenvalue weighted by Gasteiger charge is 2.34. The monoisotopic (exact) mass is 292 g/mol. The largest absolute Gasteiger partial charge is 0.457 e. The van der Waals surface area contributed by atoms with E-state index in [1.807, 2.05) is 67.6 Å². The minimum Gasteiger partial charge on any atom is -0.457 e. The van der Waals surface area contributed by atoms with E-state index in [4.69, 9.17) is 9.15 Å². The first kappa shape index (κ1) is 14.1. The van der Waals surface area contributed by atoms with E-state index in [9.17, 15) is 4.79 Å². The molecule has 0 atom stereocenters. The summed E-state index contributed by atoms with van der Waals surface area (Å²) in [5.41, 5.74) is 0.925. The van der Waals surface area contributed by atoms with Crippen molar-refractivity contribution in [3.8, 4) is 0 Å². The van der Waals surface area contributed by atoms with Gasteiger partial charge in [-0.25, -0.2) is 4.79 Å². The third-order valence-corrected chi connectivity index (χ3v) is 3.67. The minimum atomic E-state index is -0.883. The van der Waals surface area contributed by atoms with Gasteiger partial charge < -0.3 is 9.15 Å². The number of benzene rings is 2. The van der Waals surface area contributed by atoms with Gasteiger partial charge in [0.05, 0.1) is 6.26 Å². The summed E-state index contributed by atoms with van der Waals surface area (Å²) < 4.78 is 11.0. The van der Waals surface area contributed by atoms with Crippen LogP contribution in [-0.2, 0) is 10.3 Å². The van der Waals surface area contributed by atoms with Gasteiger partial charge in [-0.15, -0.1) is 0 Å². The summed E-state index contributed by atoms with van der Waals surface area (Å²) in [7, 11) is 0. The summed E-state index contributed by atoms with van der Waals surface area (Å²) in [4.78, 5) is 12.4. The second kappa shape index (κ2) is 5.90. The molecule has 0 aliphatic rings. The number of hydrogen-bond acceptors (Lipinski definition) is 3. The lowest BCUT2D eigenvalue weighted by Gasteiger charge is -2.30. The van der Waals surface area contributed by atoms with E-state index in [2.05, 4.69) is 0 Å². The van der Waals surface area contributed by atoms with Crippen LogP contribution in [0.2, 0.25) is 0 Å². The molecule has 3 heteroatoms. The number of carbonyl (C=O) groups excluding carboxylic acids is 1. The van der Waals surface area contributed by atoms with Crippen LogP contribution in [-0.4, -0.2) is 5.97 Å². The van der Waals surface area contributed by atoms with Gasteiger partial charge >= 0.3 is 5.97 Å². The second-order valence-corrected chi connectivity index (χ2v) is 5.13. The highest BCUT2D eigenvalue weighted by molar-refractivity contribution is 5.86. The number of hydrogen-bond donors (Lipinski definition) is 0. The van der Waals surface area contributed by atoms with Crippen molar-refractivity contribution in [1.29, 1.82) is 0 Å². The average Bonchev–Trinajstić information content (AvgIpc) is 3.11. The van der Waals surface area contributed by atoms with Crippen LogP contribution in [0.25, 0.3) is 0 Å². The zero-order valence-electron chi connectivity index (χ0n) is 12.2. The molecule has 0 saturated heterocycles. The summed E-state index contributed by atoms with van der Waals surface area (Å²) in [6.45, 7) is 1.89. The molecule has 0 bridgehead atoms. The van der Waals surface area contributed by atoms with Gasteiger partial charge in [-0.2, -0.15) is 0 Å². The molecule has 0 spiro atoms. The maximum absolute atomic E-state index is 12.4. The number of esters is 1. The zero-order valence-corrected chi connectivity index (χ0v) is 12.2. The summed E-state index contributed by atoms with van der Waals surface area (Å²) in [6, 6.07) is 22.6. The van der Waals surface area contributed by atoms with Gasteiger partial charge in [0.2, 0.25) is 5.76 Å². The molecule has 0 radical (unpaired) electrons. The van der Waals surface area contributed by atoms with E-state index in [0.29, 0.717) is 0 Å². The molecule has 1 heterocycles. The van der Waals surface area contributed by atoms with Crippen LogP contribution in [0.3, 0.4) is 0 Å². The number of furan rings is 1. The van der Waals surface area contributed by atoms with Crippen LogP contribution in [0.1, 0.15) is 28.6 Å². The van der Waals surface area contributed by atoms with Crippen LogP contribution < -0.4 is 0 Å². The molecule has 2 aromatic carbocycles. The van der Waals surface area contributed by atoms with Gasteiger partial charge in [-0.05, 0) is 30.2 Å². The van der Waals surface area contributed by atoms with Crippen molar-refractivity contribution in [2.45, 2.75) is 12.5 Å². The van der Waals surface area contributed by atoms with Crippen molar-refractivity contribution in [3.05, 3.63) is 95.9 Å². The highest BCUT2D eigenvalue weighted by Crippen LogP contribution is 2.34. The lowest BCUT2D eigenvalue weighted by Crippen LogP contribution is -2.30. The molecule has 110 valence electrons. The average molecular weight is 292 g/mol. The third-order valence-electron chi connectivity index (χ3n) is 3.67. The maximum Gasteiger partial charge on any atom is 0.375 e.